The molecule has 0 saturated heterocycles. The summed E-state index contributed by atoms with van der Waals surface area (Å²) < 4.78 is 37.9. The first-order chi connectivity index (χ1) is 15.4. The Morgan fingerprint density at radius 2 is 2.06 bits per heavy atom. The average Bonchev–Trinajstić information content (AvgIpc) is 3.37. The summed E-state index contributed by atoms with van der Waals surface area (Å²) in [5.74, 6) is -0.534. The molecule has 166 valence electrons. The first-order valence-corrected chi connectivity index (χ1v) is 9.72. The van der Waals surface area contributed by atoms with Gasteiger partial charge in [-0.2, -0.15) is 19.0 Å². The monoisotopic (exact) mass is 442 g/mol. The first-order valence-electron chi connectivity index (χ1n) is 9.72. The van der Waals surface area contributed by atoms with Gasteiger partial charge in [0.05, 0.1) is 24.7 Å². The molecule has 0 saturated carbocycles. The van der Waals surface area contributed by atoms with Crippen LogP contribution < -0.4 is 14.8 Å². The molecule has 4 rings (SSSR count). The predicted molar refractivity (Wildman–Crippen MR) is 112 cm³/mol. The van der Waals surface area contributed by atoms with Crippen molar-refractivity contribution >= 4 is 17.2 Å². The molecule has 1 N–H and O–H groups in total. The molecule has 0 atom stereocenters. The number of alkyl halides is 2. The number of benzene rings is 1. The van der Waals surface area contributed by atoms with Gasteiger partial charge in [-0.25, -0.2) is 9.50 Å². The van der Waals surface area contributed by atoms with Crippen LogP contribution in [0.25, 0.3) is 16.9 Å². The van der Waals surface area contributed by atoms with Crippen molar-refractivity contribution in [3.63, 3.8) is 0 Å². The Hall–Kier alpha value is -4.02. The van der Waals surface area contributed by atoms with Crippen molar-refractivity contribution in [2.24, 2.45) is 0 Å². The number of nitrogens with one attached hydrogen (secondary N) is 1. The molecule has 11 heteroatoms. The molecule has 0 radical (unpaired) electrons. The molecule has 0 aliphatic heterocycles. The summed E-state index contributed by atoms with van der Waals surface area (Å²) in [6, 6.07) is 5.92. The topological polar surface area (TPSA) is 95.6 Å². The number of nitrogens with zero attached hydrogens (tertiary/aromatic N) is 5. The Kier molecular flexibility index (Phi) is 5.71. The van der Waals surface area contributed by atoms with E-state index in [1.807, 2.05) is 24.7 Å². The minimum Gasteiger partial charge on any atom is -0.493 e. The third kappa shape index (κ3) is 3.96. The van der Waals surface area contributed by atoms with Crippen LogP contribution in [-0.2, 0) is 6.54 Å². The maximum atomic E-state index is 12.9. The number of rotatable bonds is 7. The zero-order chi connectivity index (χ0) is 22.8. The van der Waals surface area contributed by atoms with E-state index >= 15 is 0 Å². The zero-order valence-corrected chi connectivity index (χ0v) is 17.5. The van der Waals surface area contributed by atoms with E-state index in [9.17, 15) is 13.6 Å². The molecule has 0 aliphatic carbocycles. The van der Waals surface area contributed by atoms with Gasteiger partial charge < -0.3 is 14.8 Å². The van der Waals surface area contributed by atoms with E-state index in [1.54, 1.807) is 16.8 Å². The van der Waals surface area contributed by atoms with Crippen molar-refractivity contribution in [3.05, 3.63) is 54.1 Å². The number of ether oxygens (including phenoxy) is 2. The zero-order valence-electron chi connectivity index (χ0n) is 17.5. The maximum Gasteiger partial charge on any atom is 0.387 e. The first kappa shape index (κ1) is 21.2. The summed E-state index contributed by atoms with van der Waals surface area (Å²) >= 11 is 0. The van der Waals surface area contributed by atoms with Crippen LogP contribution in [-0.4, -0.2) is 44.0 Å². The Morgan fingerprint density at radius 1 is 1.25 bits per heavy atom. The van der Waals surface area contributed by atoms with E-state index in [1.165, 1.54) is 31.5 Å². The fourth-order valence-corrected chi connectivity index (χ4v) is 3.32. The fourth-order valence-electron chi connectivity index (χ4n) is 3.32. The summed E-state index contributed by atoms with van der Waals surface area (Å²) in [4.78, 5) is 17.2. The number of carbonyl (C=O) groups excluding carboxylic acids is 1. The van der Waals surface area contributed by atoms with Crippen molar-refractivity contribution in [3.8, 4) is 22.8 Å². The summed E-state index contributed by atoms with van der Waals surface area (Å²) in [6.07, 6.45) is 4.94. The molecular formula is C21H20F2N6O3. The molecule has 0 spiro atoms. The number of hydrogen-bond acceptors (Lipinski definition) is 6. The lowest BCUT2D eigenvalue weighted by Gasteiger charge is -2.12. The Bertz CT molecular complexity index is 1280. The van der Waals surface area contributed by atoms with Crippen LogP contribution >= 0.6 is 0 Å². The van der Waals surface area contributed by atoms with E-state index in [-0.39, 0.29) is 17.1 Å². The number of aromatic nitrogens is 5. The van der Waals surface area contributed by atoms with Gasteiger partial charge in [-0.15, -0.1) is 0 Å². The lowest BCUT2D eigenvalue weighted by molar-refractivity contribution is -0.0512. The lowest BCUT2D eigenvalue weighted by atomic mass is 10.2. The van der Waals surface area contributed by atoms with Crippen LogP contribution in [0.5, 0.6) is 11.5 Å². The Balaban J connectivity index is 1.65. The molecule has 32 heavy (non-hydrogen) atoms. The number of anilines is 1. The van der Waals surface area contributed by atoms with Gasteiger partial charge in [0.25, 0.3) is 5.91 Å². The van der Waals surface area contributed by atoms with Gasteiger partial charge in [-0.3, -0.25) is 9.48 Å². The summed E-state index contributed by atoms with van der Waals surface area (Å²) in [5, 5.41) is 11.5. The predicted octanol–water partition coefficient (Wildman–Crippen LogP) is 3.78. The molecule has 4 aromatic rings. The van der Waals surface area contributed by atoms with E-state index in [2.05, 4.69) is 25.2 Å². The summed E-state index contributed by atoms with van der Waals surface area (Å²) in [6.45, 7) is 1.64. The highest BCUT2D eigenvalue weighted by Crippen LogP contribution is 2.32. The SMILES string of the molecule is CCn1cc(-c2ccnc3c(C(=O)Nc4ccc(OC(F)F)c(OC)c4)cnn23)c(C)n1. The standard InChI is InChI=1S/C21H20F2N6O3/c1-4-28-11-15(12(2)27-28)16-7-8-24-19-14(10-25-29(16)19)20(30)26-13-5-6-17(32-21(22)23)18(9-13)31-3/h5-11,21H,4H2,1-3H3,(H,26,30). The van der Waals surface area contributed by atoms with Crippen LogP contribution in [0.3, 0.4) is 0 Å². The van der Waals surface area contributed by atoms with E-state index in [0.717, 1.165) is 23.5 Å². The molecule has 3 aromatic heterocycles. The molecule has 0 unspecified atom stereocenters. The molecule has 9 nitrogen and oxygen atoms in total. The van der Waals surface area contributed by atoms with E-state index in [4.69, 9.17) is 4.74 Å². The van der Waals surface area contributed by atoms with Crippen molar-refractivity contribution in [1.29, 1.82) is 0 Å². The van der Waals surface area contributed by atoms with Crippen molar-refractivity contribution in [1.82, 2.24) is 24.4 Å². The fraction of sp³-hybridized carbons (Fsp3) is 0.238. The van der Waals surface area contributed by atoms with Crippen molar-refractivity contribution < 1.29 is 23.0 Å². The third-order valence-electron chi connectivity index (χ3n) is 4.83. The highest BCUT2D eigenvalue weighted by atomic mass is 19.3. The molecule has 1 aromatic carbocycles. The molecule has 0 aliphatic rings. The van der Waals surface area contributed by atoms with Gasteiger partial charge in [0, 0.05) is 36.3 Å². The van der Waals surface area contributed by atoms with Crippen LogP contribution in [0.4, 0.5) is 14.5 Å². The molecule has 3 heterocycles. The number of amides is 1. The van der Waals surface area contributed by atoms with Gasteiger partial charge in [-0.05, 0) is 32.0 Å². The number of hydrogen-bond donors (Lipinski definition) is 1. The Labute approximate surface area is 181 Å². The number of aryl methyl sites for hydroxylation is 2. The quantitative estimate of drug-likeness (QED) is 0.468. The van der Waals surface area contributed by atoms with Gasteiger partial charge in [0.15, 0.2) is 17.1 Å². The van der Waals surface area contributed by atoms with Crippen LogP contribution in [0, 0.1) is 6.92 Å². The van der Waals surface area contributed by atoms with Crippen molar-refractivity contribution in [2.45, 2.75) is 27.0 Å². The van der Waals surface area contributed by atoms with Crippen LogP contribution in [0.15, 0.2) is 42.9 Å². The van der Waals surface area contributed by atoms with E-state index in [0.29, 0.717) is 11.3 Å². The molecule has 0 fully saturated rings. The average molecular weight is 442 g/mol. The number of halogens is 2. The lowest BCUT2D eigenvalue weighted by Crippen LogP contribution is -2.12. The summed E-state index contributed by atoms with van der Waals surface area (Å²) in [7, 11) is 1.32. The minimum atomic E-state index is -2.99. The molecule has 1 amide bonds. The van der Waals surface area contributed by atoms with E-state index < -0.39 is 12.5 Å². The van der Waals surface area contributed by atoms with Gasteiger partial charge in [0.1, 0.15) is 5.56 Å². The molecular weight excluding hydrogens is 422 g/mol. The highest BCUT2D eigenvalue weighted by molar-refractivity contribution is 6.08. The minimum absolute atomic E-state index is 0.0618. The van der Waals surface area contributed by atoms with Gasteiger partial charge >= 0.3 is 6.61 Å². The van der Waals surface area contributed by atoms with Crippen LogP contribution in [0.1, 0.15) is 23.0 Å². The second-order valence-corrected chi connectivity index (χ2v) is 6.81. The smallest absolute Gasteiger partial charge is 0.387 e. The number of fused-ring (bicyclic) bond motifs is 1. The Morgan fingerprint density at radius 3 is 2.75 bits per heavy atom. The van der Waals surface area contributed by atoms with Gasteiger partial charge in [0.2, 0.25) is 0 Å². The van der Waals surface area contributed by atoms with Crippen LogP contribution in [0.2, 0.25) is 0 Å². The molecule has 0 bridgehead atoms. The van der Waals surface area contributed by atoms with Gasteiger partial charge in [-0.1, -0.05) is 0 Å². The highest BCUT2D eigenvalue weighted by Gasteiger charge is 2.19. The summed E-state index contributed by atoms with van der Waals surface area (Å²) in [5.41, 5.74) is 3.42. The number of methoxy groups -OCH3 is 1. The number of carbonyl (C=O) groups is 1. The largest absolute Gasteiger partial charge is 0.493 e. The maximum absolute atomic E-state index is 12.9. The van der Waals surface area contributed by atoms with Crippen molar-refractivity contribution in [2.75, 3.05) is 12.4 Å². The third-order valence-corrected chi connectivity index (χ3v) is 4.83. The second kappa shape index (κ2) is 8.61. The normalized spacial score (nSPS) is 11.2. The second-order valence-electron chi connectivity index (χ2n) is 6.81.